The van der Waals surface area contributed by atoms with Crippen LogP contribution in [0.2, 0.25) is 0 Å². The average molecular weight is 633 g/mol. The standard InChI is InChI=1S/C37H38F2O7/c1-3-42-37(40)45-24-32-33(39)35(43-22-26-10-6-4-7-11-26)36(44-23-27-12-8-5-9-13-27)34(46-32)28-16-19-31(38)29(21-28)20-25-14-17-30(41-2)18-15-25/h4-19,21,32-36H,3,20,22-24H2,1-2H3. The van der Waals surface area contributed by atoms with E-state index in [1.54, 1.807) is 26.2 Å². The fraction of sp³-hybridized carbons (Fsp3) is 0.324. The third-order valence-electron chi connectivity index (χ3n) is 7.76. The molecule has 4 aromatic rings. The fourth-order valence-corrected chi connectivity index (χ4v) is 5.39. The normalized spacial score (nSPS) is 21.0. The Bertz CT molecular complexity index is 1520. The highest BCUT2D eigenvalue weighted by molar-refractivity contribution is 5.59. The van der Waals surface area contributed by atoms with Crippen LogP contribution in [0.15, 0.2) is 103 Å². The van der Waals surface area contributed by atoms with Crippen LogP contribution < -0.4 is 4.74 Å². The Kier molecular flexibility index (Phi) is 11.7. The molecule has 1 heterocycles. The summed E-state index contributed by atoms with van der Waals surface area (Å²) in [5, 5.41) is 0. The van der Waals surface area contributed by atoms with E-state index in [9.17, 15) is 4.79 Å². The summed E-state index contributed by atoms with van der Waals surface area (Å²) in [4.78, 5) is 12.0. The lowest BCUT2D eigenvalue weighted by Crippen LogP contribution is -2.55. The molecule has 0 aromatic heterocycles. The molecule has 7 nitrogen and oxygen atoms in total. The molecule has 0 saturated carbocycles. The van der Waals surface area contributed by atoms with Crippen LogP contribution in [-0.2, 0) is 43.3 Å². The van der Waals surface area contributed by atoms with Gasteiger partial charge in [0.15, 0.2) is 6.17 Å². The average Bonchev–Trinajstić information content (AvgIpc) is 3.09. The molecule has 0 spiro atoms. The second kappa shape index (κ2) is 16.3. The van der Waals surface area contributed by atoms with Crippen molar-refractivity contribution in [2.75, 3.05) is 20.3 Å². The van der Waals surface area contributed by atoms with Crippen LogP contribution in [0.25, 0.3) is 0 Å². The number of rotatable bonds is 13. The van der Waals surface area contributed by atoms with Crippen LogP contribution >= 0.6 is 0 Å². The van der Waals surface area contributed by atoms with Crippen molar-refractivity contribution < 1.29 is 42.0 Å². The first-order valence-electron chi connectivity index (χ1n) is 15.3. The zero-order chi connectivity index (χ0) is 32.3. The number of carbonyl (C=O) groups excluding carboxylic acids is 1. The SMILES string of the molecule is CCOC(=O)OCC1OC(c2ccc(F)c(Cc3ccc(OC)cc3)c2)C(OCc2ccccc2)C(OCc2ccccc2)C1F. The monoisotopic (exact) mass is 632 g/mol. The largest absolute Gasteiger partial charge is 0.508 e. The van der Waals surface area contributed by atoms with Gasteiger partial charge in [-0.1, -0.05) is 78.9 Å². The molecule has 9 heteroatoms. The van der Waals surface area contributed by atoms with Gasteiger partial charge in [-0.25, -0.2) is 13.6 Å². The summed E-state index contributed by atoms with van der Waals surface area (Å²) in [5.74, 6) is 0.310. The topological polar surface area (TPSA) is 72.5 Å². The van der Waals surface area contributed by atoms with E-state index in [2.05, 4.69) is 0 Å². The molecule has 5 rings (SSSR count). The Hall–Kier alpha value is -4.31. The lowest BCUT2D eigenvalue weighted by Gasteiger charge is -2.43. The molecule has 1 fully saturated rings. The Morgan fingerprint density at radius 3 is 2.02 bits per heavy atom. The highest BCUT2D eigenvalue weighted by atomic mass is 19.1. The third kappa shape index (κ3) is 8.69. The summed E-state index contributed by atoms with van der Waals surface area (Å²) in [6.07, 6.45) is -6.49. The molecule has 1 aliphatic rings. The number of ether oxygens (including phenoxy) is 6. The summed E-state index contributed by atoms with van der Waals surface area (Å²) in [5.41, 5.74) is 3.61. The molecule has 0 bridgehead atoms. The van der Waals surface area contributed by atoms with Crippen molar-refractivity contribution in [3.63, 3.8) is 0 Å². The minimum atomic E-state index is -1.73. The van der Waals surface area contributed by atoms with Gasteiger partial charge in [0.25, 0.3) is 0 Å². The van der Waals surface area contributed by atoms with E-state index in [1.165, 1.54) is 6.07 Å². The minimum absolute atomic E-state index is 0.108. The van der Waals surface area contributed by atoms with Gasteiger partial charge in [-0.15, -0.1) is 0 Å². The number of halogens is 2. The van der Waals surface area contributed by atoms with Crippen molar-refractivity contribution in [3.05, 3.63) is 137 Å². The first-order chi connectivity index (χ1) is 22.4. The number of benzene rings is 4. The summed E-state index contributed by atoms with van der Waals surface area (Å²) in [6, 6.07) is 31.0. The predicted octanol–water partition coefficient (Wildman–Crippen LogP) is 7.55. The molecule has 46 heavy (non-hydrogen) atoms. The zero-order valence-corrected chi connectivity index (χ0v) is 25.9. The van der Waals surface area contributed by atoms with E-state index >= 15 is 8.78 Å². The van der Waals surface area contributed by atoms with Gasteiger partial charge in [0.05, 0.1) is 26.9 Å². The van der Waals surface area contributed by atoms with Crippen molar-refractivity contribution in [1.29, 1.82) is 0 Å². The summed E-state index contributed by atoms with van der Waals surface area (Å²) >= 11 is 0. The van der Waals surface area contributed by atoms with Gasteiger partial charge in [-0.3, -0.25) is 0 Å². The molecule has 0 amide bonds. The lowest BCUT2D eigenvalue weighted by atomic mass is 9.90. The molecule has 0 radical (unpaired) electrons. The van der Waals surface area contributed by atoms with Crippen LogP contribution in [0, 0.1) is 5.82 Å². The zero-order valence-electron chi connectivity index (χ0n) is 25.9. The number of alkyl halides is 1. The van der Waals surface area contributed by atoms with E-state index in [-0.39, 0.29) is 25.6 Å². The van der Waals surface area contributed by atoms with E-state index in [4.69, 9.17) is 28.4 Å². The minimum Gasteiger partial charge on any atom is -0.497 e. The second-order valence-corrected chi connectivity index (χ2v) is 10.9. The second-order valence-electron chi connectivity index (χ2n) is 10.9. The summed E-state index contributed by atoms with van der Waals surface area (Å²) < 4.78 is 65.9. The molecule has 1 aliphatic heterocycles. The van der Waals surface area contributed by atoms with Gasteiger partial charge in [0, 0.05) is 6.42 Å². The lowest BCUT2D eigenvalue weighted by molar-refractivity contribution is -0.246. The quantitative estimate of drug-likeness (QED) is 0.141. The number of hydrogen-bond donors (Lipinski definition) is 0. The number of methoxy groups -OCH3 is 1. The maximum atomic E-state index is 16.4. The van der Waals surface area contributed by atoms with Gasteiger partial charge in [-0.2, -0.15) is 0 Å². The molecular formula is C37H38F2O7. The van der Waals surface area contributed by atoms with Crippen LogP contribution in [0.4, 0.5) is 13.6 Å². The maximum Gasteiger partial charge on any atom is 0.508 e. The molecule has 1 saturated heterocycles. The van der Waals surface area contributed by atoms with Gasteiger partial charge >= 0.3 is 6.16 Å². The fourth-order valence-electron chi connectivity index (χ4n) is 5.39. The van der Waals surface area contributed by atoms with Gasteiger partial charge < -0.3 is 28.4 Å². The molecule has 0 aliphatic carbocycles. The highest BCUT2D eigenvalue weighted by Crippen LogP contribution is 2.39. The van der Waals surface area contributed by atoms with Crippen molar-refractivity contribution in [3.8, 4) is 5.75 Å². The van der Waals surface area contributed by atoms with Crippen molar-refractivity contribution in [1.82, 2.24) is 0 Å². The van der Waals surface area contributed by atoms with E-state index < -0.39 is 43.3 Å². The highest BCUT2D eigenvalue weighted by Gasteiger charge is 2.49. The van der Waals surface area contributed by atoms with E-state index in [0.29, 0.717) is 23.3 Å². The summed E-state index contributed by atoms with van der Waals surface area (Å²) in [6.45, 7) is 1.62. The number of carbonyl (C=O) groups is 1. The van der Waals surface area contributed by atoms with Crippen LogP contribution in [0.3, 0.4) is 0 Å². The molecule has 4 aromatic carbocycles. The Morgan fingerprint density at radius 1 is 0.783 bits per heavy atom. The summed E-state index contributed by atoms with van der Waals surface area (Å²) in [7, 11) is 1.59. The Labute approximate surface area is 268 Å². The van der Waals surface area contributed by atoms with Gasteiger partial charge in [0.1, 0.15) is 42.6 Å². The van der Waals surface area contributed by atoms with Crippen LogP contribution in [0.1, 0.15) is 40.8 Å². The number of hydrogen-bond acceptors (Lipinski definition) is 7. The Morgan fingerprint density at radius 2 is 1.41 bits per heavy atom. The molecular weight excluding hydrogens is 594 g/mol. The van der Waals surface area contributed by atoms with Crippen molar-refractivity contribution in [2.24, 2.45) is 0 Å². The molecule has 5 atom stereocenters. The van der Waals surface area contributed by atoms with Crippen molar-refractivity contribution in [2.45, 2.75) is 57.1 Å². The van der Waals surface area contributed by atoms with Crippen LogP contribution in [-0.4, -0.2) is 51.0 Å². The smallest absolute Gasteiger partial charge is 0.497 e. The first-order valence-corrected chi connectivity index (χ1v) is 15.3. The Balaban J connectivity index is 1.48. The molecule has 242 valence electrons. The third-order valence-corrected chi connectivity index (χ3v) is 7.76. The van der Waals surface area contributed by atoms with E-state index in [1.807, 2.05) is 84.9 Å². The first kappa shape index (κ1) is 33.1. The van der Waals surface area contributed by atoms with Gasteiger partial charge in [0.2, 0.25) is 0 Å². The van der Waals surface area contributed by atoms with Crippen molar-refractivity contribution >= 4 is 6.16 Å². The van der Waals surface area contributed by atoms with E-state index in [0.717, 1.165) is 16.7 Å². The van der Waals surface area contributed by atoms with Gasteiger partial charge in [-0.05, 0) is 59.0 Å². The predicted molar refractivity (Wildman–Crippen MR) is 168 cm³/mol. The van der Waals surface area contributed by atoms with Crippen LogP contribution in [0.5, 0.6) is 5.75 Å². The molecule has 5 unspecified atom stereocenters. The maximum absolute atomic E-state index is 16.4. The molecule has 0 N–H and O–H groups in total.